The molecule has 0 aliphatic carbocycles. The highest BCUT2D eigenvalue weighted by Crippen LogP contribution is 2.28. The van der Waals surface area contributed by atoms with Gasteiger partial charge >= 0.3 is 6.18 Å². The number of guanidine groups is 1. The average molecular weight is 517 g/mol. The van der Waals surface area contributed by atoms with Gasteiger partial charge in [-0.15, -0.1) is 24.0 Å². The predicted octanol–water partition coefficient (Wildman–Crippen LogP) is 4.54. The number of alkyl halides is 3. The Balaban J connectivity index is 0.00000729. The lowest BCUT2D eigenvalue weighted by Crippen LogP contribution is -2.38. The molecule has 0 heterocycles. The molecule has 0 saturated carbocycles. The highest BCUT2D eigenvalue weighted by atomic mass is 127. The number of rotatable bonds is 11. The molecule has 0 spiro atoms. The molecule has 0 aliphatic heterocycles. The monoisotopic (exact) mass is 517 g/mol. The maximum Gasteiger partial charge on any atom is 0.389 e. The zero-order chi connectivity index (χ0) is 20.1. The molecule has 0 atom stereocenters. The second kappa shape index (κ2) is 14.6. The van der Waals surface area contributed by atoms with Crippen LogP contribution in [0.25, 0.3) is 0 Å². The molecule has 0 fully saturated rings. The van der Waals surface area contributed by atoms with Crippen LogP contribution in [-0.4, -0.2) is 45.5 Å². The molecule has 1 rings (SSSR count). The van der Waals surface area contributed by atoms with E-state index in [0.29, 0.717) is 38.7 Å². The first-order valence-corrected chi connectivity index (χ1v) is 9.29. The standard InChI is InChI=1S/C19H30F3N3O2.HI/c1-4-26-16-9-8-15(14-17(16)27-5-2)10-13-25-18(23-3)24-12-7-6-11-19(20,21)22;/h8-9,14H,4-7,10-13H2,1-3H3,(H2,23,24,25);1H. The van der Waals surface area contributed by atoms with E-state index in [1.54, 1.807) is 7.05 Å². The molecule has 9 heteroatoms. The molecule has 5 nitrogen and oxygen atoms in total. The van der Waals surface area contributed by atoms with Crippen molar-refractivity contribution in [1.82, 2.24) is 10.6 Å². The van der Waals surface area contributed by atoms with E-state index in [0.717, 1.165) is 23.5 Å². The van der Waals surface area contributed by atoms with Gasteiger partial charge in [0.1, 0.15) is 0 Å². The molecule has 1 aromatic rings. The van der Waals surface area contributed by atoms with Crippen LogP contribution in [0.4, 0.5) is 13.2 Å². The number of unbranched alkanes of at least 4 members (excludes halogenated alkanes) is 1. The van der Waals surface area contributed by atoms with Crippen LogP contribution in [0.1, 0.15) is 38.7 Å². The van der Waals surface area contributed by atoms with E-state index >= 15 is 0 Å². The van der Waals surface area contributed by atoms with Crippen molar-refractivity contribution in [3.05, 3.63) is 23.8 Å². The third-order valence-electron chi connectivity index (χ3n) is 3.72. The van der Waals surface area contributed by atoms with Crippen LogP contribution >= 0.6 is 24.0 Å². The number of aliphatic imine (C=N–C) groups is 1. The number of hydrogen-bond acceptors (Lipinski definition) is 3. The van der Waals surface area contributed by atoms with Gasteiger partial charge in [-0.1, -0.05) is 6.07 Å². The van der Waals surface area contributed by atoms with Gasteiger partial charge in [-0.3, -0.25) is 4.99 Å². The Labute approximate surface area is 182 Å². The third kappa shape index (κ3) is 11.5. The van der Waals surface area contributed by atoms with Gasteiger partial charge < -0.3 is 20.1 Å². The summed E-state index contributed by atoms with van der Waals surface area (Å²) in [4.78, 5) is 4.08. The predicted molar refractivity (Wildman–Crippen MR) is 117 cm³/mol. The van der Waals surface area contributed by atoms with Gasteiger partial charge in [0.25, 0.3) is 0 Å². The zero-order valence-corrected chi connectivity index (χ0v) is 19.0. The Kier molecular flexibility index (Phi) is 13.9. The minimum absolute atomic E-state index is 0. The molecule has 162 valence electrons. The fraction of sp³-hybridized carbons (Fsp3) is 0.632. The lowest BCUT2D eigenvalue weighted by atomic mass is 10.1. The molecular weight excluding hydrogens is 486 g/mol. The molecule has 28 heavy (non-hydrogen) atoms. The summed E-state index contributed by atoms with van der Waals surface area (Å²) < 4.78 is 47.5. The minimum Gasteiger partial charge on any atom is -0.490 e. The summed E-state index contributed by atoms with van der Waals surface area (Å²) in [6.45, 7) is 6.08. The first kappa shape index (κ1) is 26.6. The molecule has 0 saturated heterocycles. The zero-order valence-electron chi connectivity index (χ0n) is 16.7. The summed E-state index contributed by atoms with van der Waals surface area (Å²) in [5.41, 5.74) is 1.09. The van der Waals surface area contributed by atoms with Gasteiger partial charge in [0.2, 0.25) is 0 Å². The molecule has 0 bridgehead atoms. The van der Waals surface area contributed by atoms with Gasteiger partial charge in [0.05, 0.1) is 13.2 Å². The van der Waals surface area contributed by atoms with Gasteiger partial charge in [-0.2, -0.15) is 13.2 Å². The molecule has 0 amide bonds. The van der Waals surface area contributed by atoms with Gasteiger partial charge in [-0.25, -0.2) is 0 Å². The van der Waals surface area contributed by atoms with E-state index in [4.69, 9.17) is 9.47 Å². The molecule has 0 aliphatic rings. The van der Waals surface area contributed by atoms with Crippen molar-refractivity contribution in [2.24, 2.45) is 4.99 Å². The van der Waals surface area contributed by atoms with Crippen LogP contribution in [-0.2, 0) is 6.42 Å². The lowest BCUT2D eigenvalue weighted by Gasteiger charge is -2.14. The van der Waals surface area contributed by atoms with Crippen LogP contribution in [0, 0.1) is 0 Å². The molecule has 1 aromatic carbocycles. The fourth-order valence-electron chi connectivity index (χ4n) is 2.45. The first-order valence-electron chi connectivity index (χ1n) is 9.29. The lowest BCUT2D eigenvalue weighted by molar-refractivity contribution is -0.135. The Morgan fingerprint density at radius 2 is 1.64 bits per heavy atom. The number of halogens is 4. The summed E-state index contributed by atoms with van der Waals surface area (Å²) in [5.74, 6) is 2.04. The van der Waals surface area contributed by atoms with Crippen LogP contribution in [0.15, 0.2) is 23.2 Å². The quantitative estimate of drug-likeness (QED) is 0.196. The van der Waals surface area contributed by atoms with Crippen molar-refractivity contribution in [2.75, 3.05) is 33.4 Å². The smallest absolute Gasteiger partial charge is 0.389 e. The Morgan fingerprint density at radius 1 is 1.00 bits per heavy atom. The first-order chi connectivity index (χ1) is 12.9. The van der Waals surface area contributed by atoms with Crippen molar-refractivity contribution in [1.29, 1.82) is 0 Å². The fourth-order valence-corrected chi connectivity index (χ4v) is 2.45. The molecular formula is C19H31F3IN3O2. The highest BCUT2D eigenvalue weighted by Gasteiger charge is 2.25. The van der Waals surface area contributed by atoms with Crippen LogP contribution in [0.3, 0.4) is 0 Å². The van der Waals surface area contributed by atoms with Crippen molar-refractivity contribution >= 4 is 29.9 Å². The highest BCUT2D eigenvalue weighted by molar-refractivity contribution is 14.0. The van der Waals surface area contributed by atoms with Crippen LogP contribution in [0.5, 0.6) is 11.5 Å². The largest absolute Gasteiger partial charge is 0.490 e. The number of ether oxygens (including phenoxy) is 2. The van der Waals surface area contributed by atoms with Crippen molar-refractivity contribution < 1.29 is 22.6 Å². The van der Waals surface area contributed by atoms with E-state index < -0.39 is 12.6 Å². The second-order valence-electron chi connectivity index (χ2n) is 5.90. The minimum atomic E-state index is -4.09. The molecule has 2 N–H and O–H groups in total. The number of nitrogens with zero attached hydrogens (tertiary/aromatic N) is 1. The molecule has 0 radical (unpaired) electrons. The van der Waals surface area contributed by atoms with E-state index in [9.17, 15) is 13.2 Å². The van der Waals surface area contributed by atoms with Crippen molar-refractivity contribution in [3.63, 3.8) is 0 Å². The van der Waals surface area contributed by atoms with E-state index in [-0.39, 0.29) is 30.4 Å². The summed E-state index contributed by atoms with van der Waals surface area (Å²) in [6, 6.07) is 5.85. The molecule has 0 aromatic heterocycles. The van der Waals surface area contributed by atoms with E-state index in [2.05, 4.69) is 15.6 Å². The summed E-state index contributed by atoms with van der Waals surface area (Å²) in [5, 5.41) is 6.19. The van der Waals surface area contributed by atoms with Gasteiger partial charge in [-0.05, 0) is 50.8 Å². The normalized spacial score (nSPS) is 11.6. The number of nitrogens with one attached hydrogen (secondary N) is 2. The maximum absolute atomic E-state index is 12.1. The average Bonchev–Trinajstić information content (AvgIpc) is 2.61. The van der Waals surface area contributed by atoms with Crippen LogP contribution in [0.2, 0.25) is 0 Å². The summed E-state index contributed by atoms with van der Waals surface area (Å²) >= 11 is 0. The maximum atomic E-state index is 12.1. The number of benzene rings is 1. The van der Waals surface area contributed by atoms with E-state index in [1.165, 1.54) is 0 Å². The Bertz CT molecular complexity index is 584. The topological polar surface area (TPSA) is 54.9 Å². The second-order valence-corrected chi connectivity index (χ2v) is 5.90. The van der Waals surface area contributed by atoms with Crippen molar-refractivity contribution in [2.45, 2.75) is 45.7 Å². The third-order valence-corrected chi connectivity index (χ3v) is 3.72. The summed E-state index contributed by atoms with van der Waals surface area (Å²) in [6.07, 6.45) is -3.53. The van der Waals surface area contributed by atoms with Crippen LogP contribution < -0.4 is 20.1 Å². The number of hydrogen-bond donors (Lipinski definition) is 2. The SMILES string of the molecule is CCOc1ccc(CCNC(=NC)NCCCCC(F)(F)F)cc1OCC.I. The molecule has 0 unspecified atom stereocenters. The van der Waals surface area contributed by atoms with Gasteiger partial charge in [0.15, 0.2) is 17.5 Å². The Hall–Kier alpha value is -1.39. The van der Waals surface area contributed by atoms with Gasteiger partial charge in [0, 0.05) is 26.6 Å². The van der Waals surface area contributed by atoms with E-state index in [1.807, 2.05) is 32.0 Å². The van der Waals surface area contributed by atoms with Crippen molar-refractivity contribution in [3.8, 4) is 11.5 Å². The Morgan fingerprint density at radius 3 is 2.25 bits per heavy atom. The summed E-state index contributed by atoms with van der Waals surface area (Å²) in [7, 11) is 1.63.